The maximum Gasteiger partial charge on any atom is 0.0790 e. The standard InChI is InChI=1S/C15H32N2O2/c1-11(18)8-9-17(7)10-12-13(16-6)15(4,5)19-14(12,2)3/h11-13,16,18H,8-10H2,1-7H3. The minimum atomic E-state index is -0.230. The molecule has 0 aromatic heterocycles. The molecule has 0 aliphatic carbocycles. The van der Waals surface area contributed by atoms with Crippen LogP contribution in [0, 0.1) is 5.92 Å². The summed E-state index contributed by atoms with van der Waals surface area (Å²) in [5.74, 6) is 0.437. The van der Waals surface area contributed by atoms with Crippen molar-refractivity contribution in [2.45, 2.75) is 64.4 Å². The van der Waals surface area contributed by atoms with E-state index in [4.69, 9.17) is 4.74 Å². The minimum absolute atomic E-state index is 0.129. The number of aliphatic hydroxyl groups excluding tert-OH is 1. The van der Waals surface area contributed by atoms with Gasteiger partial charge in [0.15, 0.2) is 0 Å². The molecule has 2 N–H and O–H groups in total. The van der Waals surface area contributed by atoms with Crippen LogP contribution >= 0.6 is 0 Å². The molecule has 0 bridgehead atoms. The second-order valence-electron chi connectivity index (χ2n) is 7.08. The number of ether oxygens (including phenoxy) is 1. The minimum Gasteiger partial charge on any atom is -0.393 e. The van der Waals surface area contributed by atoms with Gasteiger partial charge >= 0.3 is 0 Å². The van der Waals surface area contributed by atoms with Crippen molar-refractivity contribution in [2.75, 3.05) is 27.2 Å². The first-order chi connectivity index (χ1) is 8.60. The number of rotatable bonds is 6. The molecule has 1 fully saturated rings. The van der Waals surface area contributed by atoms with Crippen LogP contribution in [0.3, 0.4) is 0 Å². The van der Waals surface area contributed by atoms with Gasteiger partial charge in [-0.05, 0) is 55.1 Å². The fraction of sp³-hybridized carbons (Fsp3) is 1.00. The lowest BCUT2D eigenvalue weighted by Crippen LogP contribution is -2.49. The number of hydrogen-bond acceptors (Lipinski definition) is 4. The first kappa shape index (κ1) is 16.9. The van der Waals surface area contributed by atoms with Crippen LogP contribution in [0.15, 0.2) is 0 Å². The topological polar surface area (TPSA) is 44.7 Å². The Morgan fingerprint density at radius 3 is 2.32 bits per heavy atom. The number of nitrogens with zero attached hydrogens (tertiary/aromatic N) is 1. The predicted octanol–water partition coefficient (Wildman–Crippen LogP) is 1.48. The second-order valence-corrected chi connectivity index (χ2v) is 7.08. The maximum absolute atomic E-state index is 9.38. The van der Waals surface area contributed by atoms with Crippen LogP contribution in [0.4, 0.5) is 0 Å². The van der Waals surface area contributed by atoms with E-state index in [0.717, 1.165) is 19.5 Å². The lowest BCUT2D eigenvalue weighted by Gasteiger charge is -2.32. The summed E-state index contributed by atoms with van der Waals surface area (Å²) in [6.45, 7) is 12.4. The molecule has 19 heavy (non-hydrogen) atoms. The van der Waals surface area contributed by atoms with E-state index in [1.54, 1.807) is 0 Å². The Kier molecular flexibility index (Phi) is 5.41. The van der Waals surface area contributed by atoms with Gasteiger partial charge in [0.05, 0.1) is 17.3 Å². The first-order valence-electron chi connectivity index (χ1n) is 7.34. The third kappa shape index (κ3) is 4.15. The highest BCUT2D eigenvalue weighted by Gasteiger charge is 2.53. The van der Waals surface area contributed by atoms with Crippen molar-refractivity contribution in [3.05, 3.63) is 0 Å². The largest absolute Gasteiger partial charge is 0.393 e. The fourth-order valence-electron chi connectivity index (χ4n) is 3.41. The molecular formula is C15H32N2O2. The van der Waals surface area contributed by atoms with E-state index in [1.165, 1.54) is 0 Å². The van der Waals surface area contributed by atoms with Crippen molar-refractivity contribution in [3.8, 4) is 0 Å². The Labute approximate surface area is 118 Å². The molecule has 0 aromatic carbocycles. The Bertz CT molecular complexity index is 290. The van der Waals surface area contributed by atoms with Crippen molar-refractivity contribution < 1.29 is 9.84 Å². The van der Waals surface area contributed by atoms with E-state index in [2.05, 4.69) is 45.0 Å². The van der Waals surface area contributed by atoms with E-state index in [0.29, 0.717) is 12.0 Å². The Hall–Kier alpha value is -0.160. The predicted molar refractivity (Wildman–Crippen MR) is 79.4 cm³/mol. The molecule has 1 saturated heterocycles. The zero-order chi connectivity index (χ0) is 14.8. The molecule has 0 radical (unpaired) electrons. The lowest BCUT2D eigenvalue weighted by atomic mass is 9.82. The molecule has 3 unspecified atom stereocenters. The Balaban J connectivity index is 2.68. The van der Waals surface area contributed by atoms with E-state index in [9.17, 15) is 5.11 Å². The number of hydrogen-bond donors (Lipinski definition) is 2. The van der Waals surface area contributed by atoms with Gasteiger partial charge < -0.3 is 20.1 Å². The van der Waals surface area contributed by atoms with Crippen molar-refractivity contribution >= 4 is 0 Å². The summed E-state index contributed by atoms with van der Waals surface area (Å²) in [5.41, 5.74) is -0.274. The lowest BCUT2D eigenvalue weighted by molar-refractivity contribution is -0.0791. The molecule has 1 rings (SSSR count). The van der Waals surface area contributed by atoms with E-state index in [1.807, 2.05) is 14.0 Å². The van der Waals surface area contributed by atoms with Crippen molar-refractivity contribution in [2.24, 2.45) is 5.92 Å². The van der Waals surface area contributed by atoms with Gasteiger partial charge in [-0.3, -0.25) is 0 Å². The third-order valence-electron chi connectivity index (χ3n) is 4.32. The molecule has 0 aromatic rings. The molecule has 4 heteroatoms. The smallest absolute Gasteiger partial charge is 0.0790 e. The van der Waals surface area contributed by atoms with Crippen LogP contribution < -0.4 is 5.32 Å². The summed E-state index contributed by atoms with van der Waals surface area (Å²) in [5, 5.41) is 12.8. The quantitative estimate of drug-likeness (QED) is 0.769. The van der Waals surface area contributed by atoms with Crippen LogP contribution in [-0.2, 0) is 4.74 Å². The summed E-state index contributed by atoms with van der Waals surface area (Å²) in [6, 6.07) is 0.344. The SMILES string of the molecule is CNC1C(CN(C)CCC(C)O)C(C)(C)OC1(C)C. The third-order valence-corrected chi connectivity index (χ3v) is 4.32. The second kappa shape index (κ2) is 6.08. The van der Waals surface area contributed by atoms with Gasteiger partial charge in [-0.1, -0.05) is 0 Å². The average molecular weight is 272 g/mol. The average Bonchev–Trinajstić information content (AvgIpc) is 2.40. The molecule has 114 valence electrons. The normalized spacial score (nSPS) is 30.8. The summed E-state index contributed by atoms with van der Waals surface area (Å²) in [7, 11) is 4.14. The van der Waals surface area contributed by atoms with Crippen LogP contribution in [-0.4, -0.2) is 60.5 Å². The summed E-state index contributed by atoms with van der Waals surface area (Å²) < 4.78 is 6.24. The number of nitrogens with one attached hydrogen (secondary N) is 1. The van der Waals surface area contributed by atoms with Gasteiger partial charge in [0.2, 0.25) is 0 Å². The summed E-state index contributed by atoms with van der Waals surface area (Å²) in [4.78, 5) is 2.30. The van der Waals surface area contributed by atoms with Gasteiger partial charge in [0.25, 0.3) is 0 Å². The summed E-state index contributed by atoms with van der Waals surface area (Å²) >= 11 is 0. The molecule has 4 nitrogen and oxygen atoms in total. The van der Waals surface area contributed by atoms with Crippen molar-refractivity contribution in [1.82, 2.24) is 10.2 Å². The highest BCUT2D eigenvalue weighted by atomic mass is 16.5. The molecular weight excluding hydrogens is 240 g/mol. The maximum atomic E-state index is 9.38. The Morgan fingerprint density at radius 2 is 1.84 bits per heavy atom. The zero-order valence-electron chi connectivity index (χ0n) is 13.7. The van der Waals surface area contributed by atoms with Crippen LogP contribution in [0.25, 0.3) is 0 Å². The highest BCUT2D eigenvalue weighted by molar-refractivity contribution is 5.05. The van der Waals surface area contributed by atoms with E-state index in [-0.39, 0.29) is 17.3 Å². The molecule has 0 spiro atoms. The monoisotopic (exact) mass is 272 g/mol. The highest BCUT2D eigenvalue weighted by Crippen LogP contribution is 2.42. The van der Waals surface area contributed by atoms with E-state index >= 15 is 0 Å². The van der Waals surface area contributed by atoms with Crippen LogP contribution in [0.1, 0.15) is 41.0 Å². The molecule has 0 saturated carbocycles. The van der Waals surface area contributed by atoms with Gasteiger partial charge in [-0.25, -0.2) is 0 Å². The fourth-order valence-corrected chi connectivity index (χ4v) is 3.41. The Morgan fingerprint density at radius 1 is 1.26 bits per heavy atom. The van der Waals surface area contributed by atoms with Gasteiger partial charge in [-0.2, -0.15) is 0 Å². The molecule has 3 atom stereocenters. The van der Waals surface area contributed by atoms with Crippen LogP contribution in [0.5, 0.6) is 0 Å². The first-order valence-corrected chi connectivity index (χ1v) is 7.34. The molecule has 1 aliphatic heterocycles. The van der Waals surface area contributed by atoms with Gasteiger partial charge in [-0.15, -0.1) is 0 Å². The number of likely N-dealkylation sites (N-methyl/N-ethyl adjacent to an activating group) is 1. The van der Waals surface area contributed by atoms with Crippen molar-refractivity contribution in [1.29, 1.82) is 0 Å². The van der Waals surface area contributed by atoms with Crippen molar-refractivity contribution in [3.63, 3.8) is 0 Å². The molecule has 1 aliphatic rings. The zero-order valence-corrected chi connectivity index (χ0v) is 13.7. The van der Waals surface area contributed by atoms with Crippen LogP contribution in [0.2, 0.25) is 0 Å². The van der Waals surface area contributed by atoms with E-state index < -0.39 is 0 Å². The van der Waals surface area contributed by atoms with Gasteiger partial charge in [0, 0.05) is 25.0 Å². The molecule has 0 amide bonds. The summed E-state index contributed by atoms with van der Waals surface area (Å²) in [6.07, 6.45) is 0.588. The molecule has 1 heterocycles. The number of aliphatic hydroxyl groups is 1. The van der Waals surface area contributed by atoms with Gasteiger partial charge in [0.1, 0.15) is 0 Å².